The minimum Gasteiger partial charge on any atom is -0.481 e. The molecule has 1 aromatic carbocycles. The van der Waals surface area contributed by atoms with E-state index in [-0.39, 0.29) is 10.4 Å². The maximum Gasteiger partial charge on any atom is 0.282 e. The molecule has 0 atom stereocenters. The van der Waals surface area contributed by atoms with Gasteiger partial charge in [-0.3, -0.25) is 0 Å². The molecule has 14 heavy (non-hydrogen) atoms. The third-order valence-electron chi connectivity index (χ3n) is 2.00. The zero-order valence-corrected chi connectivity index (χ0v) is 7.73. The van der Waals surface area contributed by atoms with Crippen LogP contribution >= 0.6 is 0 Å². The van der Waals surface area contributed by atoms with Crippen molar-refractivity contribution in [1.82, 2.24) is 0 Å². The van der Waals surface area contributed by atoms with Gasteiger partial charge in [-0.05, 0) is 18.1 Å². The fraction of sp³-hybridized carbons (Fsp3) is 0.200. The minimum absolute atomic E-state index is 0.0179. The first-order valence-electron chi connectivity index (χ1n) is 4.20. The lowest BCUT2D eigenvalue weighted by Crippen LogP contribution is -2.32. The first-order chi connectivity index (χ1) is 6.57. The van der Waals surface area contributed by atoms with Crippen molar-refractivity contribution < 1.29 is 20.4 Å². The lowest BCUT2D eigenvalue weighted by atomic mass is 10.1. The molecule has 0 amide bonds. The topological polar surface area (TPSA) is 80.9 Å². The van der Waals surface area contributed by atoms with Crippen molar-refractivity contribution in [2.24, 2.45) is 0 Å². The first kappa shape index (κ1) is 10.2. The maximum absolute atomic E-state index is 9.00. The first-order valence-corrected chi connectivity index (χ1v) is 4.20. The summed E-state index contributed by atoms with van der Waals surface area (Å²) in [7, 11) is 0. The summed E-state index contributed by atoms with van der Waals surface area (Å²) in [5, 5.41) is 35.9. The summed E-state index contributed by atoms with van der Waals surface area (Å²) in [6, 6.07) is 4.71. The van der Waals surface area contributed by atoms with Crippen molar-refractivity contribution in [1.29, 1.82) is 0 Å². The molecule has 4 N–H and O–H groups in total. The molecule has 1 rings (SSSR count). The highest BCUT2D eigenvalue weighted by atomic mass is 16.5. The van der Waals surface area contributed by atoms with Gasteiger partial charge in [0.2, 0.25) is 0 Å². The zero-order chi connectivity index (χ0) is 10.7. The van der Waals surface area contributed by atoms with E-state index in [1.165, 1.54) is 6.07 Å². The highest BCUT2D eigenvalue weighted by molar-refractivity contribution is 5.37. The highest BCUT2D eigenvalue weighted by Crippen LogP contribution is 1.91. The van der Waals surface area contributed by atoms with Gasteiger partial charge in [0.25, 0.3) is 11.9 Å². The molecule has 0 unspecified atom stereocenters. The monoisotopic (exact) mass is 196 g/mol. The van der Waals surface area contributed by atoms with Crippen LogP contribution in [0.4, 0.5) is 0 Å². The number of aliphatic hydroxyl groups excluding tert-OH is 2. The zero-order valence-electron chi connectivity index (χ0n) is 7.73. The summed E-state index contributed by atoms with van der Waals surface area (Å²) >= 11 is 0. The molecule has 0 radical (unpaired) electrons. The van der Waals surface area contributed by atoms with Gasteiger partial charge in [-0.2, -0.15) is 0 Å². The Kier molecular flexibility index (Phi) is 2.86. The molecule has 4 nitrogen and oxygen atoms in total. The van der Waals surface area contributed by atoms with Crippen molar-refractivity contribution in [3.8, 4) is 0 Å². The molecule has 0 aromatic heterocycles. The Morgan fingerprint density at radius 2 is 1.71 bits per heavy atom. The van der Waals surface area contributed by atoms with Crippen LogP contribution in [-0.4, -0.2) is 20.4 Å². The third kappa shape index (κ3) is 1.74. The third-order valence-corrected chi connectivity index (χ3v) is 2.00. The number of hydrogen-bond acceptors (Lipinski definition) is 4. The van der Waals surface area contributed by atoms with E-state index in [0.29, 0.717) is 12.0 Å². The number of rotatable bonds is 1. The van der Waals surface area contributed by atoms with E-state index in [1.807, 2.05) is 6.92 Å². The number of aryl methyl sites for hydroxylation is 1. The molecule has 0 saturated heterocycles. The Morgan fingerprint density at radius 1 is 1.07 bits per heavy atom. The van der Waals surface area contributed by atoms with Gasteiger partial charge < -0.3 is 20.4 Å². The van der Waals surface area contributed by atoms with Gasteiger partial charge in [0.05, 0.1) is 10.4 Å². The molecule has 0 aliphatic heterocycles. The number of benzene rings is 1. The molecule has 0 aliphatic carbocycles. The Morgan fingerprint density at radius 3 is 2.14 bits per heavy atom. The van der Waals surface area contributed by atoms with Crippen LogP contribution in [0.15, 0.2) is 18.2 Å². The average Bonchev–Trinajstić information content (AvgIpc) is 2.16. The van der Waals surface area contributed by atoms with Crippen LogP contribution in [0.2, 0.25) is 0 Å². The lowest BCUT2D eigenvalue weighted by molar-refractivity contribution is 0.288. The van der Waals surface area contributed by atoms with Crippen LogP contribution < -0.4 is 10.4 Å². The summed E-state index contributed by atoms with van der Waals surface area (Å²) in [4.78, 5) is 0. The molecule has 0 saturated carbocycles. The largest absolute Gasteiger partial charge is 0.481 e. The Bertz CT molecular complexity index is 440. The van der Waals surface area contributed by atoms with Crippen molar-refractivity contribution in [2.75, 3.05) is 0 Å². The molecular formula is C10H12O4. The summed E-state index contributed by atoms with van der Waals surface area (Å²) in [6.07, 6.45) is 0.571. The lowest BCUT2D eigenvalue weighted by Gasteiger charge is -2.00. The molecule has 76 valence electrons. The predicted octanol–water partition coefficient (Wildman–Crippen LogP) is 0.612. The molecule has 4 heteroatoms. The van der Waals surface area contributed by atoms with Gasteiger partial charge in [-0.25, -0.2) is 0 Å². The van der Waals surface area contributed by atoms with Gasteiger partial charge >= 0.3 is 0 Å². The van der Waals surface area contributed by atoms with E-state index >= 15 is 0 Å². The summed E-state index contributed by atoms with van der Waals surface area (Å²) in [5.41, 5.74) is 0.642. The molecule has 0 spiro atoms. The van der Waals surface area contributed by atoms with E-state index in [1.54, 1.807) is 12.1 Å². The fourth-order valence-corrected chi connectivity index (χ4v) is 1.35. The van der Waals surface area contributed by atoms with E-state index in [0.717, 1.165) is 0 Å². The fourth-order valence-electron chi connectivity index (χ4n) is 1.35. The van der Waals surface area contributed by atoms with Gasteiger partial charge in [0.15, 0.2) is 0 Å². The summed E-state index contributed by atoms with van der Waals surface area (Å²) in [6.45, 7) is 1.83. The van der Waals surface area contributed by atoms with Crippen LogP contribution in [0, 0.1) is 0 Å². The molecule has 0 bridgehead atoms. The Hall–Kier alpha value is -1.84. The second-order valence-corrected chi connectivity index (χ2v) is 2.84. The maximum atomic E-state index is 9.00. The Labute approximate surface area is 80.7 Å². The highest BCUT2D eigenvalue weighted by Gasteiger charge is 2.03. The van der Waals surface area contributed by atoms with Gasteiger partial charge in [-0.15, -0.1) is 0 Å². The smallest absolute Gasteiger partial charge is 0.282 e. The van der Waals surface area contributed by atoms with Crippen molar-refractivity contribution in [3.05, 3.63) is 34.2 Å². The van der Waals surface area contributed by atoms with Crippen LogP contribution in [0.25, 0.3) is 11.9 Å². The van der Waals surface area contributed by atoms with Gasteiger partial charge in [0.1, 0.15) is 0 Å². The predicted molar refractivity (Wildman–Crippen MR) is 52.4 cm³/mol. The normalized spacial score (nSPS) is 9.79. The average molecular weight is 196 g/mol. The Balaban J connectivity index is 3.83. The van der Waals surface area contributed by atoms with Crippen molar-refractivity contribution in [3.63, 3.8) is 0 Å². The second-order valence-electron chi connectivity index (χ2n) is 2.84. The van der Waals surface area contributed by atoms with E-state index < -0.39 is 11.9 Å². The summed E-state index contributed by atoms with van der Waals surface area (Å²) < 4.78 is 0. The van der Waals surface area contributed by atoms with Crippen LogP contribution in [0.1, 0.15) is 12.5 Å². The molecule has 1 aromatic rings. The van der Waals surface area contributed by atoms with Crippen LogP contribution in [0.5, 0.6) is 0 Å². The molecule has 0 fully saturated rings. The van der Waals surface area contributed by atoms with E-state index in [4.69, 9.17) is 20.4 Å². The molecule has 0 aliphatic rings. The van der Waals surface area contributed by atoms with Crippen molar-refractivity contribution >= 4 is 11.9 Å². The van der Waals surface area contributed by atoms with Crippen molar-refractivity contribution in [2.45, 2.75) is 13.3 Å². The standard InChI is InChI=1S/C10H12O4/c1-2-6-4-3-5-7(9(11)12)8(6)10(13)14/h3-5,11-14H,2H2,1H3. The SMILES string of the molecule is CCc1cccc(=C(O)O)c1=C(O)O. The van der Waals surface area contributed by atoms with Crippen LogP contribution in [0.3, 0.4) is 0 Å². The quantitative estimate of drug-likeness (QED) is 0.530. The molecular weight excluding hydrogens is 184 g/mol. The number of hydrogen-bond donors (Lipinski definition) is 4. The summed E-state index contributed by atoms with van der Waals surface area (Å²) in [5.74, 6) is -1.83. The van der Waals surface area contributed by atoms with E-state index in [9.17, 15) is 0 Å². The number of aliphatic hydroxyl groups is 4. The van der Waals surface area contributed by atoms with Gasteiger partial charge in [-0.1, -0.05) is 19.1 Å². The minimum atomic E-state index is -0.920. The molecule has 0 heterocycles. The van der Waals surface area contributed by atoms with Crippen LogP contribution in [-0.2, 0) is 6.42 Å². The second kappa shape index (κ2) is 3.91. The van der Waals surface area contributed by atoms with Gasteiger partial charge in [0, 0.05) is 0 Å². The van der Waals surface area contributed by atoms with E-state index in [2.05, 4.69) is 0 Å².